The number of thiazole rings is 1. The van der Waals surface area contributed by atoms with Crippen molar-refractivity contribution in [3.8, 4) is 23.0 Å². The number of benzene rings is 3. The minimum Gasteiger partial charge on any atom is -0.490 e. The Morgan fingerprint density at radius 1 is 0.936 bits per heavy atom. The third-order valence-electron chi connectivity index (χ3n) is 7.00. The number of aromatic nitrogens is 1. The molecule has 0 aliphatic carbocycles. The first kappa shape index (κ1) is 34.8. The molecule has 0 spiro atoms. The van der Waals surface area contributed by atoms with Gasteiger partial charge >= 0.3 is 5.97 Å². The number of hydrogen-bond acceptors (Lipinski definition) is 9. The maximum Gasteiger partial charge on any atom is 0.337 e. The summed E-state index contributed by atoms with van der Waals surface area (Å²) in [5.41, 5.74) is 2.13. The largest absolute Gasteiger partial charge is 0.490 e. The van der Waals surface area contributed by atoms with Crippen molar-refractivity contribution < 1.29 is 28.5 Å². The minimum atomic E-state index is -0.799. The Morgan fingerprint density at radius 2 is 1.66 bits per heavy atom. The Hall–Kier alpha value is -3.52. The molecule has 2 heterocycles. The summed E-state index contributed by atoms with van der Waals surface area (Å²) in [5.74, 6) is 1.59. The number of nitrogens with zero attached hydrogens (tertiary/aromatic N) is 2. The molecule has 0 saturated carbocycles. The van der Waals surface area contributed by atoms with Crippen molar-refractivity contribution in [1.29, 1.82) is 0 Å². The number of hydrogen-bond donors (Lipinski definition) is 0. The maximum atomic E-state index is 14.1. The van der Waals surface area contributed by atoms with E-state index in [-0.39, 0.29) is 17.7 Å². The molecule has 5 rings (SSSR count). The average molecular weight is 810 g/mol. The van der Waals surface area contributed by atoms with E-state index >= 15 is 0 Å². The van der Waals surface area contributed by atoms with Gasteiger partial charge in [-0.15, -0.1) is 0 Å². The van der Waals surface area contributed by atoms with Crippen LogP contribution < -0.4 is 33.8 Å². The van der Waals surface area contributed by atoms with Crippen molar-refractivity contribution in [3.63, 3.8) is 0 Å². The first-order valence-corrected chi connectivity index (χ1v) is 17.4. The van der Waals surface area contributed by atoms with Crippen LogP contribution in [0.15, 0.2) is 70.1 Å². The van der Waals surface area contributed by atoms with Crippen molar-refractivity contribution in [3.05, 3.63) is 110 Å². The molecule has 0 N–H and O–H groups in total. The highest BCUT2D eigenvalue weighted by atomic mass is 127. The number of fused-ring (bicyclic) bond motifs is 1. The lowest BCUT2D eigenvalue weighted by atomic mass is 9.97. The lowest BCUT2D eigenvalue weighted by Crippen LogP contribution is -2.39. The molecule has 0 saturated heterocycles. The number of carbonyl (C=O) groups excluding carboxylic acids is 1. The van der Waals surface area contributed by atoms with Crippen LogP contribution in [0.4, 0.5) is 0 Å². The van der Waals surface area contributed by atoms with Crippen molar-refractivity contribution in [1.82, 2.24) is 4.57 Å². The summed E-state index contributed by atoms with van der Waals surface area (Å²) in [5, 5.41) is 0.916. The van der Waals surface area contributed by atoms with Gasteiger partial charge in [-0.3, -0.25) is 9.36 Å². The van der Waals surface area contributed by atoms with Gasteiger partial charge in [0.25, 0.3) is 5.56 Å². The number of halogens is 3. The van der Waals surface area contributed by atoms with Gasteiger partial charge < -0.3 is 23.7 Å². The first-order valence-electron chi connectivity index (χ1n) is 14.7. The van der Waals surface area contributed by atoms with Crippen LogP contribution in [0.25, 0.3) is 6.08 Å². The highest BCUT2D eigenvalue weighted by molar-refractivity contribution is 14.1. The normalized spacial score (nSPS) is 14.1. The van der Waals surface area contributed by atoms with Crippen LogP contribution >= 0.6 is 57.1 Å². The van der Waals surface area contributed by atoms with Crippen LogP contribution in [0.3, 0.4) is 0 Å². The monoisotopic (exact) mass is 808 g/mol. The summed E-state index contributed by atoms with van der Waals surface area (Å²) in [6, 6.07) is 13.6. The maximum absolute atomic E-state index is 14.1. The predicted octanol–water partition coefficient (Wildman–Crippen LogP) is 6.70. The molecule has 0 unspecified atom stereocenters. The van der Waals surface area contributed by atoms with Crippen LogP contribution in [-0.2, 0) is 16.1 Å². The van der Waals surface area contributed by atoms with Gasteiger partial charge in [-0.2, -0.15) is 0 Å². The zero-order valence-corrected chi connectivity index (χ0v) is 30.5. The van der Waals surface area contributed by atoms with E-state index in [0.29, 0.717) is 67.8 Å². The molecule has 0 radical (unpaired) electrons. The van der Waals surface area contributed by atoms with Crippen LogP contribution in [0.1, 0.15) is 43.5 Å². The second-order valence-corrected chi connectivity index (χ2v) is 13.0. The minimum absolute atomic E-state index is 0.217. The third-order valence-corrected chi connectivity index (χ3v) is 9.54. The molecule has 3 aromatic carbocycles. The van der Waals surface area contributed by atoms with E-state index in [1.165, 1.54) is 29.2 Å². The van der Waals surface area contributed by atoms with Crippen molar-refractivity contribution in [2.24, 2.45) is 4.99 Å². The molecule has 0 amide bonds. The van der Waals surface area contributed by atoms with E-state index < -0.39 is 12.0 Å². The highest BCUT2D eigenvalue weighted by Crippen LogP contribution is 2.37. The van der Waals surface area contributed by atoms with Crippen LogP contribution in [0, 0.1) is 3.57 Å². The predicted molar refractivity (Wildman–Crippen MR) is 191 cm³/mol. The second kappa shape index (κ2) is 15.6. The topological polar surface area (TPSA) is 97.6 Å². The summed E-state index contributed by atoms with van der Waals surface area (Å²) in [6.45, 7) is 7.17. The highest BCUT2D eigenvalue weighted by Gasteiger charge is 2.31. The van der Waals surface area contributed by atoms with Gasteiger partial charge in [0.15, 0.2) is 27.8 Å². The zero-order chi connectivity index (χ0) is 33.7. The molecule has 1 aliphatic rings. The third kappa shape index (κ3) is 7.64. The molecule has 13 heteroatoms. The van der Waals surface area contributed by atoms with Gasteiger partial charge in [-0.25, -0.2) is 9.79 Å². The van der Waals surface area contributed by atoms with E-state index in [4.69, 9.17) is 46.9 Å². The molecular formula is C34H31Cl2IN2O7S. The standard InChI is InChI=1S/C34H31Cl2IN2O7S/c1-5-43-26-11-9-21(16-27(26)44-6-2)30-22(33(41)42-4)17-38-34-39(30)32(40)29(47-34)15-20-13-25(37)31(28(14-20)45-7-3)46-18-19-8-10-23(35)24(36)12-19/h8-17,30H,5-7,18H2,1-4H3/b29-15+/t30-/m0/s1. The summed E-state index contributed by atoms with van der Waals surface area (Å²) in [6.07, 6.45) is 3.23. The molecule has 0 fully saturated rings. The summed E-state index contributed by atoms with van der Waals surface area (Å²) in [4.78, 5) is 31.9. The molecule has 1 atom stereocenters. The first-order chi connectivity index (χ1) is 22.7. The Kier molecular flexibility index (Phi) is 11.5. The van der Waals surface area contributed by atoms with Crippen molar-refractivity contribution >= 4 is 69.2 Å². The average Bonchev–Trinajstić information content (AvgIpc) is 3.37. The molecule has 246 valence electrons. The molecule has 47 heavy (non-hydrogen) atoms. The number of ether oxygens (including phenoxy) is 5. The number of carbonyl (C=O) groups is 1. The van der Waals surface area contributed by atoms with Crippen LogP contribution in [0.2, 0.25) is 10.0 Å². The fourth-order valence-electron chi connectivity index (χ4n) is 5.00. The number of methoxy groups -OCH3 is 1. The molecular weight excluding hydrogens is 778 g/mol. The molecule has 4 aromatic rings. The summed E-state index contributed by atoms with van der Waals surface area (Å²) >= 11 is 15.6. The molecule has 0 bridgehead atoms. The quantitative estimate of drug-likeness (QED) is 0.116. The molecule has 1 aromatic heterocycles. The fourth-order valence-corrected chi connectivity index (χ4v) is 7.07. The van der Waals surface area contributed by atoms with Gasteiger partial charge in [0.2, 0.25) is 0 Å². The molecule has 9 nitrogen and oxygen atoms in total. The van der Waals surface area contributed by atoms with Crippen LogP contribution in [-0.4, -0.2) is 37.5 Å². The fraction of sp³-hybridized carbons (Fsp3) is 0.265. The Balaban J connectivity index is 1.56. The lowest BCUT2D eigenvalue weighted by Gasteiger charge is -2.23. The SMILES string of the molecule is CCOc1ccc([C@H]2C(C(=O)OC)=CN=c3s/c(=C/c4cc(I)c(OCc5ccc(Cl)c(Cl)c5)c(OCC)c4)c(=O)n32)cc1OCC. The smallest absolute Gasteiger partial charge is 0.337 e. The zero-order valence-electron chi connectivity index (χ0n) is 26.0. The summed E-state index contributed by atoms with van der Waals surface area (Å²) < 4.78 is 31.5. The van der Waals surface area contributed by atoms with Crippen molar-refractivity contribution in [2.75, 3.05) is 26.9 Å². The van der Waals surface area contributed by atoms with Gasteiger partial charge in [0, 0.05) is 6.20 Å². The number of esters is 1. The van der Waals surface area contributed by atoms with E-state index in [0.717, 1.165) is 14.7 Å². The number of rotatable bonds is 12. The van der Waals surface area contributed by atoms with Crippen LogP contribution in [0.5, 0.6) is 23.0 Å². The van der Waals surface area contributed by atoms with E-state index in [1.807, 2.05) is 45.0 Å². The van der Waals surface area contributed by atoms with E-state index in [9.17, 15) is 9.59 Å². The Bertz CT molecular complexity index is 2030. The van der Waals surface area contributed by atoms with Crippen molar-refractivity contribution in [2.45, 2.75) is 33.4 Å². The second-order valence-electron chi connectivity index (χ2n) is 10.0. The summed E-state index contributed by atoms with van der Waals surface area (Å²) in [7, 11) is 1.30. The Morgan fingerprint density at radius 3 is 2.36 bits per heavy atom. The Labute approximate surface area is 299 Å². The van der Waals surface area contributed by atoms with Gasteiger partial charge in [0.05, 0.1) is 56.7 Å². The molecule has 1 aliphatic heterocycles. The van der Waals surface area contributed by atoms with Gasteiger partial charge in [-0.05, 0) is 103 Å². The lowest BCUT2D eigenvalue weighted by molar-refractivity contribution is -0.136. The van der Waals surface area contributed by atoms with E-state index in [2.05, 4.69) is 27.6 Å². The van der Waals surface area contributed by atoms with Gasteiger partial charge in [0.1, 0.15) is 6.61 Å². The van der Waals surface area contributed by atoms with E-state index in [1.54, 1.807) is 30.3 Å². The van der Waals surface area contributed by atoms with Gasteiger partial charge in [-0.1, -0.05) is 46.7 Å².